The van der Waals surface area contributed by atoms with E-state index in [4.69, 9.17) is 14.2 Å². The van der Waals surface area contributed by atoms with Gasteiger partial charge < -0.3 is 14.2 Å². The average molecular weight is 342 g/mol. The minimum absolute atomic E-state index is 0.0117. The Hall–Kier alpha value is -2.33. The molecule has 0 amide bonds. The molecule has 25 heavy (non-hydrogen) atoms. The molecule has 0 heterocycles. The standard InChI is InChI=1S/C21H26O4/c1-4-5-8-15-24-19-9-6-7-10-20(19)25-21(22)18-13-11-17(12-14-18)16(2)23-3/h6-7,9-14,16H,4-5,8,15H2,1-3H3. The van der Waals surface area contributed by atoms with Gasteiger partial charge in [0.1, 0.15) is 0 Å². The predicted molar refractivity (Wildman–Crippen MR) is 98.3 cm³/mol. The Morgan fingerprint density at radius 1 is 1.00 bits per heavy atom. The lowest BCUT2D eigenvalue weighted by atomic mass is 10.1. The Balaban J connectivity index is 2.02. The van der Waals surface area contributed by atoms with Gasteiger partial charge in [-0.05, 0) is 43.2 Å². The molecule has 0 saturated heterocycles. The molecule has 0 aliphatic carbocycles. The van der Waals surface area contributed by atoms with Crippen molar-refractivity contribution in [2.45, 2.75) is 39.2 Å². The van der Waals surface area contributed by atoms with Crippen LogP contribution in [0.15, 0.2) is 48.5 Å². The molecule has 0 aromatic heterocycles. The van der Waals surface area contributed by atoms with Crippen LogP contribution in [-0.2, 0) is 4.74 Å². The van der Waals surface area contributed by atoms with Crippen molar-refractivity contribution in [2.75, 3.05) is 13.7 Å². The summed E-state index contributed by atoms with van der Waals surface area (Å²) in [4.78, 5) is 12.4. The molecule has 2 rings (SSSR count). The molecule has 1 atom stereocenters. The van der Waals surface area contributed by atoms with E-state index in [1.165, 1.54) is 0 Å². The van der Waals surface area contributed by atoms with Crippen molar-refractivity contribution in [3.8, 4) is 11.5 Å². The van der Waals surface area contributed by atoms with Crippen molar-refractivity contribution in [2.24, 2.45) is 0 Å². The Morgan fingerprint density at radius 3 is 2.32 bits per heavy atom. The summed E-state index contributed by atoms with van der Waals surface area (Å²) in [6.07, 6.45) is 3.23. The van der Waals surface area contributed by atoms with Gasteiger partial charge in [0.2, 0.25) is 0 Å². The van der Waals surface area contributed by atoms with E-state index in [0.29, 0.717) is 23.7 Å². The first kappa shape index (κ1) is 19.0. The van der Waals surface area contributed by atoms with Gasteiger partial charge >= 0.3 is 5.97 Å². The van der Waals surface area contributed by atoms with Gasteiger partial charge in [-0.3, -0.25) is 0 Å². The first-order chi connectivity index (χ1) is 12.2. The molecule has 0 bridgehead atoms. The number of carbonyl (C=O) groups excluding carboxylic acids is 1. The van der Waals surface area contributed by atoms with Crippen LogP contribution in [0.5, 0.6) is 11.5 Å². The first-order valence-corrected chi connectivity index (χ1v) is 8.72. The van der Waals surface area contributed by atoms with Crippen LogP contribution >= 0.6 is 0 Å². The van der Waals surface area contributed by atoms with Crippen molar-refractivity contribution >= 4 is 5.97 Å². The number of rotatable bonds is 9. The number of esters is 1. The molecule has 0 saturated carbocycles. The van der Waals surface area contributed by atoms with E-state index in [-0.39, 0.29) is 6.10 Å². The fourth-order valence-electron chi connectivity index (χ4n) is 2.37. The van der Waals surface area contributed by atoms with Crippen LogP contribution in [0.1, 0.15) is 55.1 Å². The number of hydrogen-bond acceptors (Lipinski definition) is 4. The minimum Gasteiger partial charge on any atom is -0.490 e. The number of para-hydroxylation sites is 2. The van der Waals surface area contributed by atoms with Crippen LogP contribution in [0.3, 0.4) is 0 Å². The normalized spacial score (nSPS) is 11.8. The molecule has 0 aliphatic rings. The first-order valence-electron chi connectivity index (χ1n) is 8.72. The molecule has 0 spiro atoms. The van der Waals surface area contributed by atoms with E-state index in [2.05, 4.69) is 6.92 Å². The van der Waals surface area contributed by atoms with Crippen LogP contribution in [-0.4, -0.2) is 19.7 Å². The molecule has 0 N–H and O–H groups in total. The maximum absolute atomic E-state index is 12.4. The van der Waals surface area contributed by atoms with Crippen LogP contribution in [0, 0.1) is 0 Å². The summed E-state index contributed by atoms with van der Waals surface area (Å²) in [5.41, 5.74) is 1.51. The summed E-state index contributed by atoms with van der Waals surface area (Å²) in [5, 5.41) is 0. The van der Waals surface area contributed by atoms with E-state index in [9.17, 15) is 4.79 Å². The molecule has 4 nitrogen and oxygen atoms in total. The predicted octanol–water partition coefficient (Wildman–Crippen LogP) is 5.18. The summed E-state index contributed by atoms with van der Waals surface area (Å²) in [5.74, 6) is 0.635. The molecule has 0 radical (unpaired) electrons. The van der Waals surface area contributed by atoms with Crippen molar-refractivity contribution in [1.82, 2.24) is 0 Å². The van der Waals surface area contributed by atoms with E-state index in [1.807, 2.05) is 37.3 Å². The monoisotopic (exact) mass is 342 g/mol. The van der Waals surface area contributed by atoms with Gasteiger partial charge in [0.25, 0.3) is 0 Å². The Kier molecular flexibility index (Phi) is 7.48. The molecule has 0 aliphatic heterocycles. The lowest BCUT2D eigenvalue weighted by Gasteiger charge is -2.12. The molecule has 2 aromatic rings. The van der Waals surface area contributed by atoms with Gasteiger partial charge in [-0.25, -0.2) is 4.79 Å². The summed E-state index contributed by atoms with van der Waals surface area (Å²) in [6.45, 7) is 4.72. The average Bonchev–Trinajstić information content (AvgIpc) is 2.66. The Morgan fingerprint density at radius 2 is 1.68 bits per heavy atom. The zero-order chi connectivity index (χ0) is 18.1. The molecular weight excluding hydrogens is 316 g/mol. The highest BCUT2D eigenvalue weighted by molar-refractivity contribution is 5.91. The number of unbranched alkanes of at least 4 members (excludes halogenated alkanes) is 2. The molecule has 134 valence electrons. The second-order valence-corrected chi connectivity index (χ2v) is 5.89. The highest BCUT2D eigenvalue weighted by atomic mass is 16.6. The number of carbonyl (C=O) groups is 1. The van der Waals surface area contributed by atoms with Gasteiger partial charge in [-0.2, -0.15) is 0 Å². The van der Waals surface area contributed by atoms with E-state index in [0.717, 1.165) is 24.8 Å². The third-order valence-electron chi connectivity index (χ3n) is 4.03. The third kappa shape index (κ3) is 5.61. The van der Waals surface area contributed by atoms with Crippen LogP contribution < -0.4 is 9.47 Å². The van der Waals surface area contributed by atoms with Gasteiger partial charge in [0.05, 0.1) is 18.3 Å². The maximum atomic E-state index is 12.4. The van der Waals surface area contributed by atoms with Crippen molar-refractivity contribution in [3.05, 3.63) is 59.7 Å². The quantitative estimate of drug-likeness (QED) is 0.358. The van der Waals surface area contributed by atoms with Crippen molar-refractivity contribution in [3.63, 3.8) is 0 Å². The smallest absolute Gasteiger partial charge is 0.343 e. The summed E-state index contributed by atoms with van der Waals surface area (Å²) in [7, 11) is 1.66. The maximum Gasteiger partial charge on any atom is 0.343 e. The summed E-state index contributed by atoms with van der Waals surface area (Å²) in [6, 6.07) is 14.5. The van der Waals surface area contributed by atoms with Gasteiger partial charge in [-0.1, -0.05) is 44.0 Å². The lowest BCUT2D eigenvalue weighted by molar-refractivity contribution is 0.0727. The van der Waals surface area contributed by atoms with Crippen LogP contribution in [0.25, 0.3) is 0 Å². The fourth-order valence-corrected chi connectivity index (χ4v) is 2.37. The molecule has 2 aromatic carbocycles. The number of hydrogen-bond donors (Lipinski definition) is 0. The number of methoxy groups -OCH3 is 1. The van der Waals surface area contributed by atoms with Crippen LogP contribution in [0.2, 0.25) is 0 Å². The largest absolute Gasteiger partial charge is 0.490 e. The van der Waals surface area contributed by atoms with Crippen molar-refractivity contribution < 1.29 is 19.0 Å². The van der Waals surface area contributed by atoms with Gasteiger partial charge in [0, 0.05) is 7.11 Å². The highest BCUT2D eigenvalue weighted by Gasteiger charge is 2.13. The minimum atomic E-state index is -0.402. The molecule has 1 unspecified atom stereocenters. The summed E-state index contributed by atoms with van der Waals surface area (Å²) >= 11 is 0. The Labute approximate surface area is 149 Å². The topological polar surface area (TPSA) is 44.8 Å². The lowest BCUT2D eigenvalue weighted by Crippen LogP contribution is -2.10. The summed E-state index contributed by atoms with van der Waals surface area (Å²) < 4.78 is 16.5. The van der Waals surface area contributed by atoms with Gasteiger partial charge in [-0.15, -0.1) is 0 Å². The zero-order valence-electron chi connectivity index (χ0n) is 15.2. The van der Waals surface area contributed by atoms with Crippen molar-refractivity contribution in [1.29, 1.82) is 0 Å². The Bertz CT molecular complexity index is 664. The fraction of sp³-hybridized carbons (Fsp3) is 0.381. The van der Waals surface area contributed by atoms with E-state index in [1.54, 1.807) is 25.3 Å². The highest BCUT2D eigenvalue weighted by Crippen LogP contribution is 2.27. The second kappa shape index (κ2) is 9.84. The van der Waals surface area contributed by atoms with Gasteiger partial charge in [0.15, 0.2) is 11.5 Å². The second-order valence-electron chi connectivity index (χ2n) is 5.89. The SMILES string of the molecule is CCCCCOc1ccccc1OC(=O)c1ccc(C(C)OC)cc1. The molecular formula is C21H26O4. The third-order valence-corrected chi connectivity index (χ3v) is 4.03. The number of ether oxygens (including phenoxy) is 3. The van der Waals surface area contributed by atoms with E-state index < -0.39 is 5.97 Å². The molecule has 0 fully saturated rings. The van der Waals surface area contributed by atoms with E-state index >= 15 is 0 Å². The zero-order valence-corrected chi connectivity index (χ0v) is 15.2. The van der Waals surface area contributed by atoms with Crippen LogP contribution in [0.4, 0.5) is 0 Å². The number of benzene rings is 2. The molecule has 4 heteroatoms.